The van der Waals surface area contributed by atoms with Crippen molar-refractivity contribution >= 4 is 57.8 Å². The van der Waals surface area contributed by atoms with Gasteiger partial charge >= 0.3 is 0 Å². The van der Waals surface area contributed by atoms with Crippen LogP contribution in [0.1, 0.15) is 18.1 Å². The van der Waals surface area contributed by atoms with E-state index >= 15 is 0 Å². The second-order valence-corrected chi connectivity index (χ2v) is 9.22. The van der Waals surface area contributed by atoms with Crippen LogP contribution in [-0.2, 0) is 9.59 Å². The van der Waals surface area contributed by atoms with Crippen LogP contribution in [0, 0.1) is 6.92 Å². The maximum Gasteiger partial charge on any atom is 0.264 e. The van der Waals surface area contributed by atoms with Crippen molar-refractivity contribution in [3.63, 3.8) is 0 Å². The van der Waals surface area contributed by atoms with Crippen molar-refractivity contribution in [2.45, 2.75) is 13.8 Å². The molecule has 36 heavy (non-hydrogen) atoms. The highest BCUT2D eigenvalue weighted by atomic mass is 35.5. The number of anilines is 1. The monoisotopic (exact) mass is 521 g/mol. The van der Waals surface area contributed by atoms with Crippen molar-refractivity contribution in [1.82, 2.24) is 5.32 Å². The van der Waals surface area contributed by atoms with Gasteiger partial charge in [0.25, 0.3) is 11.8 Å². The molecule has 7 nitrogen and oxygen atoms in total. The summed E-state index contributed by atoms with van der Waals surface area (Å²) in [7, 11) is 0. The maximum absolute atomic E-state index is 12.5. The smallest absolute Gasteiger partial charge is 0.264 e. The molecule has 0 spiro atoms. The lowest BCUT2D eigenvalue weighted by atomic mass is 10.2. The van der Waals surface area contributed by atoms with Gasteiger partial charge < -0.3 is 20.1 Å². The summed E-state index contributed by atoms with van der Waals surface area (Å²) in [4.78, 5) is 29.8. The number of aryl methyl sites for hydroxylation is 1. The molecule has 0 atom stereocenters. The first-order valence-corrected chi connectivity index (χ1v) is 12.4. The van der Waals surface area contributed by atoms with Gasteiger partial charge in [-0.25, -0.2) is 4.99 Å². The number of nitrogens with zero attached hydrogens (tertiary/aromatic N) is 1. The maximum atomic E-state index is 12.5. The van der Waals surface area contributed by atoms with Crippen molar-refractivity contribution in [2.24, 2.45) is 4.99 Å². The van der Waals surface area contributed by atoms with E-state index in [2.05, 4.69) is 15.6 Å². The summed E-state index contributed by atoms with van der Waals surface area (Å²) in [6.45, 7) is 3.96. The van der Waals surface area contributed by atoms with Gasteiger partial charge in [-0.15, -0.1) is 0 Å². The summed E-state index contributed by atoms with van der Waals surface area (Å²) in [6, 6.07) is 20.2. The zero-order valence-corrected chi connectivity index (χ0v) is 21.3. The van der Waals surface area contributed by atoms with E-state index in [0.29, 0.717) is 33.7 Å². The molecule has 2 amide bonds. The Morgan fingerprint density at radius 1 is 1.11 bits per heavy atom. The predicted molar refractivity (Wildman–Crippen MR) is 145 cm³/mol. The van der Waals surface area contributed by atoms with E-state index in [1.54, 1.807) is 30.3 Å². The van der Waals surface area contributed by atoms with Gasteiger partial charge in [-0.1, -0.05) is 47.5 Å². The van der Waals surface area contributed by atoms with Crippen molar-refractivity contribution in [3.8, 4) is 11.5 Å². The molecule has 1 aliphatic heterocycles. The predicted octanol–water partition coefficient (Wildman–Crippen LogP) is 5.96. The van der Waals surface area contributed by atoms with Gasteiger partial charge in [0.2, 0.25) is 0 Å². The van der Waals surface area contributed by atoms with Gasteiger partial charge in [-0.2, -0.15) is 0 Å². The molecule has 0 saturated carbocycles. The van der Waals surface area contributed by atoms with Crippen LogP contribution in [0.15, 0.2) is 76.6 Å². The van der Waals surface area contributed by atoms with Crippen LogP contribution < -0.4 is 20.1 Å². The minimum absolute atomic E-state index is 0.244. The zero-order chi connectivity index (χ0) is 25.5. The number of hydrogen-bond acceptors (Lipinski definition) is 6. The van der Waals surface area contributed by atoms with Crippen molar-refractivity contribution in [3.05, 3.63) is 87.8 Å². The number of hydrogen-bond donors (Lipinski definition) is 2. The molecule has 3 aromatic rings. The van der Waals surface area contributed by atoms with Crippen molar-refractivity contribution < 1.29 is 19.1 Å². The number of para-hydroxylation sites is 1. The molecule has 0 bridgehead atoms. The first-order valence-electron chi connectivity index (χ1n) is 11.2. The lowest BCUT2D eigenvalue weighted by Gasteiger charge is -2.14. The summed E-state index contributed by atoms with van der Waals surface area (Å²) < 4.78 is 11.4. The minimum Gasteiger partial charge on any atom is -0.490 e. The molecule has 1 heterocycles. The van der Waals surface area contributed by atoms with E-state index in [4.69, 9.17) is 21.1 Å². The fourth-order valence-electron chi connectivity index (χ4n) is 3.30. The van der Waals surface area contributed by atoms with Gasteiger partial charge in [0, 0.05) is 5.69 Å². The number of thioether (sulfide) groups is 1. The SMILES string of the molecule is CCOc1cc(/C=C2\SC(=Nc3ccc(C)cc3)NC2=O)cc(Cl)c1OCC(=O)Nc1ccccc1. The van der Waals surface area contributed by atoms with E-state index in [1.165, 1.54) is 11.8 Å². The van der Waals surface area contributed by atoms with Gasteiger partial charge in [0.15, 0.2) is 23.3 Å². The largest absolute Gasteiger partial charge is 0.490 e. The first-order chi connectivity index (χ1) is 17.4. The van der Waals surface area contributed by atoms with Crippen LogP contribution >= 0.6 is 23.4 Å². The fourth-order valence-corrected chi connectivity index (χ4v) is 4.41. The summed E-state index contributed by atoms with van der Waals surface area (Å²) in [5.74, 6) is 0.0542. The number of ether oxygens (including phenoxy) is 2. The van der Waals surface area contributed by atoms with Gasteiger partial charge in [-0.3, -0.25) is 9.59 Å². The van der Waals surface area contributed by atoms with Gasteiger partial charge in [-0.05, 0) is 73.6 Å². The van der Waals surface area contributed by atoms with Crippen molar-refractivity contribution in [1.29, 1.82) is 0 Å². The topological polar surface area (TPSA) is 89.0 Å². The van der Waals surface area contributed by atoms with Crippen molar-refractivity contribution in [2.75, 3.05) is 18.5 Å². The molecule has 3 aromatic carbocycles. The highest BCUT2D eigenvalue weighted by molar-refractivity contribution is 8.18. The Balaban J connectivity index is 1.49. The molecule has 0 aliphatic carbocycles. The summed E-state index contributed by atoms with van der Waals surface area (Å²) in [5.41, 5.74) is 3.21. The Morgan fingerprint density at radius 3 is 2.58 bits per heavy atom. The molecule has 184 valence electrons. The summed E-state index contributed by atoms with van der Waals surface area (Å²) >= 11 is 7.73. The zero-order valence-electron chi connectivity index (χ0n) is 19.7. The molecule has 0 radical (unpaired) electrons. The van der Waals surface area contributed by atoms with Crippen LogP contribution in [0.2, 0.25) is 5.02 Å². The second-order valence-electron chi connectivity index (χ2n) is 7.78. The molecule has 1 fully saturated rings. The first kappa shape index (κ1) is 25.3. The van der Waals surface area contributed by atoms with E-state index in [1.807, 2.05) is 56.3 Å². The number of rotatable bonds is 8. The Bertz CT molecular complexity index is 1320. The van der Waals surface area contributed by atoms with E-state index in [9.17, 15) is 9.59 Å². The Labute approximate surface area is 218 Å². The molecule has 9 heteroatoms. The number of halogens is 1. The summed E-state index contributed by atoms with van der Waals surface area (Å²) in [6.07, 6.45) is 1.71. The molecule has 2 N–H and O–H groups in total. The lowest BCUT2D eigenvalue weighted by Crippen LogP contribution is -2.20. The quantitative estimate of drug-likeness (QED) is 0.357. The number of benzene rings is 3. The third-order valence-corrected chi connectivity index (χ3v) is 6.14. The van der Waals surface area contributed by atoms with Crippen LogP contribution in [-0.4, -0.2) is 30.2 Å². The number of carbonyl (C=O) groups is 2. The third-order valence-electron chi connectivity index (χ3n) is 4.95. The minimum atomic E-state index is -0.328. The number of aliphatic imine (C=N–C) groups is 1. The third kappa shape index (κ3) is 6.68. The molecule has 1 aliphatic rings. The number of amidine groups is 1. The fraction of sp³-hybridized carbons (Fsp3) is 0.148. The van der Waals surface area contributed by atoms with E-state index in [-0.39, 0.29) is 29.2 Å². The Kier molecular flexibility index (Phi) is 8.30. The molecule has 0 aromatic heterocycles. The molecular formula is C27H24ClN3O4S. The Morgan fingerprint density at radius 2 is 1.86 bits per heavy atom. The Hall–Kier alpha value is -3.75. The normalized spacial score (nSPS) is 15.1. The van der Waals surface area contributed by atoms with Gasteiger partial charge in [0.1, 0.15) is 0 Å². The molecular weight excluding hydrogens is 498 g/mol. The average molecular weight is 522 g/mol. The number of nitrogens with one attached hydrogen (secondary N) is 2. The molecule has 0 unspecified atom stereocenters. The summed E-state index contributed by atoms with van der Waals surface area (Å²) in [5, 5.41) is 6.29. The van der Waals surface area contributed by atoms with Crippen LogP contribution in [0.25, 0.3) is 6.08 Å². The molecule has 1 saturated heterocycles. The van der Waals surface area contributed by atoms with E-state index in [0.717, 1.165) is 11.3 Å². The number of amides is 2. The molecule has 4 rings (SSSR count). The highest BCUT2D eigenvalue weighted by Crippen LogP contribution is 2.38. The number of carbonyl (C=O) groups excluding carboxylic acids is 2. The standard InChI is InChI=1S/C27H24ClN3O4S/c1-3-34-22-14-18(13-21(28)25(22)35-16-24(32)29-19-7-5-4-6-8-19)15-23-26(33)31-27(36-23)30-20-11-9-17(2)10-12-20/h4-15H,3,16H2,1-2H3,(H,29,32)(H,30,31,33)/b23-15-. The van der Waals surface area contributed by atoms with Crippen LogP contribution in [0.5, 0.6) is 11.5 Å². The average Bonchev–Trinajstić information content (AvgIpc) is 3.19. The van der Waals surface area contributed by atoms with Crippen LogP contribution in [0.3, 0.4) is 0 Å². The van der Waals surface area contributed by atoms with E-state index < -0.39 is 0 Å². The highest BCUT2D eigenvalue weighted by Gasteiger charge is 2.24. The van der Waals surface area contributed by atoms with Crippen LogP contribution in [0.4, 0.5) is 11.4 Å². The lowest BCUT2D eigenvalue weighted by molar-refractivity contribution is -0.118. The van der Waals surface area contributed by atoms with Gasteiger partial charge in [0.05, 0.1) is 22.2 Å². The second kappa shape index (κ2) is 11.8.